The molecule has 0 unspecified atom stereocenters. The van der Waals surface area contributed by atoms with E-state index in [2.05, 4.69) is 4.74 Å². The van der Waals surface area contributed by atoms with Gasteiger partial charge < -0.3 is 14.9 Å². The summed E-state index contributed by atoms with van der Waals surface area (Å²) >= 11 is 0. The quantitative estimate of drug-likeness (QED) is 0.483. The lowest BCUT2D eigenvalue weighted by molar-refractivity contribution is -0.137. The molecular formula is C13H11NO5. The number of ether oxygens (including phenoxy) is 1. The number of aromatic hydroxyl groups is 1. The standard InChI is InChI=1S/C13H11NO5/c1-2-19-11(16)6-8(7-14)9-4-3-5-10(15)12(9)13(17)18/h3-6,15H,2H2,1H3,(H,17,18). The van der Waals surface area contributed by atoms with E-state index in [1.807, 2.05) is 0 Å². The first-order valence-electron chi connectivity index (χ1n) is 5.35. The Hall–Kier alpha value is -2.81. The molecule has 0 fully saturated rings. The van der Waals surface area contributed by atoms with Crippen LogP contribution < -0.4 is 0 Å². The Morgan fingerprint density at radius 3 is 2.68 bits per heavy atom. The van der Waals surface area contributed by atoms with Gasteiger partial charge in [0.05, 0.1) is 12.2 Å². The topological polar surface area (TPSA) is 108 Å². The molecule has 0 radical (unpaired) electrons. The Morgan fingerprint density at radius 2 is 2.16 bits per heavy atom. The van der Waals surface area contributed by atoms with Crippen LogP contribution in [0.15, 0.2) is 24.3 Å². The number of nitriles is 1. The predicted octanol–water partition coefficient (Wildman–Crippen LogP) is 1.56. The van der Waals surface area contributed by atoms with Crippen molar-refractivity contribution in [2.75, 3.05) is 6.61 Å². The van der Waals surface area contributed by atoms with E-state index in [0.717, 1.165) is 6.08 Å². The number of nitrogens with zero attached hydrogens (tertiary/aromatic N) is 1. The van der Waals surface area contributed by atoms with E-state index in [1.54, 1.807) is 13.0 Å². The molecule has 0 saturated heterocycles. The number of esters is 1. The molecule has 0 aliphatic heterocycles. The smallest absolute Gasteiger partial charge is 0.340 e. The number of hydrogen-bond acceptors (Lipinski definition) is 5. The summed E-state index contributed by atoms with van der Waals surface area (Å²) in [4.78, 5) is 22.4. The highest BCUT2D eigenvalue weighted by Gasteiger charge is 2.18. The van der Waals surface area contributed by atoms with E-state index in [9.17, 15) is 14.7 Å². The minimum absolute atomic E-state index is 0.0388. The van der Waals surface area contributed by atoms with Gasteiger partial charge in [-0.25, -0.2) is 9.59 Å². The van der Waals surface area contributed by atoms with Crippen LogP contribution in [0, 0.1) is 11.3 Å². The highest BCUT2D eigenvalue weighted by molar-refractivity contribution is 6.02. The molecule has 0 bridgehead atoms. The molecule has 1 aromatic carbocycles. The molecule has 98 valence electrons. The minimum atomic E-state index is -1.39. The van der Waals surface area contributed by atoms with Gasteiger partial charge in [0.25, 0.3) is 0 Å². The largest absolute Gasteiger partial charge is 0.507 e. The molecule has 2 N–H and O–H groups in total. The molecule has 1 rings (SSSR count). The van der Waals surface area contributed by atoms with Gasteiger partial charge in [-0.05, 0) is 13.0 Å². The molecule has 6 heteroatoms. The van der Waals surface area contributed by atoms with Crippen LogP contribution in [-0.2, 0) is 9.53 Å². The number of carboxylic acids is 1. The summed E-state index contributed by atoms with van der Waals surface area (Å²) in [5.74, 6) is -2.62. The number of carboxylic acid groups (broad SMARTS) is 1. The van der Waals surface area contributed by atoms with Crippen molar-refractivity contribution in [1.82, 2.24) is 0 Å². The lowest BCUT2D eigenvalue weighted by Gasteiger charge is -2.06. The maximum absolute atomic E-state index is 11.3. The number of carbonyl (C=O) groups excluding carboxylic acids is 1. The molecule has 19 heavy (non-hydrogen) atoms. The average molecular weight is 261 g/mol. The van der Waals surface area contributed by atoms with Gasteiger partial charge in [-0.3, -0.25) is 0 Å². The van der Waals surface area contributed by atoms with Gasteiger partial charge >= 0.3 is 11.9 Å². The lowest BCUT2D eigenvalue weighted by Crippen LogP contribution is -2.05. The number of carbonyl (C=O) groups is 2. The predicted molar refractivity (Wildman–Crippen MR) is 65.3 cm³/mol. The van der Waals surface area contributed by atoms with Crippen LogP contribution in [0.3, 0.4) is 0 Å². The monoisotopic (exact) mass is 261 g/mol. The van der Waals surface area contributed by atoms with Gasteiger partial charge in [0, 0.05) is 11.6 Å². The van der Waals surface area contributed by atoms with E-state index >= 15 is 0 Å². The summed E-state index contributed by atoms with van der Waals surface area (Å²) in [7, 11) is 0. The van der Waals surface area contributed by atoms with Crippen LogP contribution in [0.25, 0.3) is 5.57 Å². The number of aromatic carboxylic acids is 1. The van der Waals surface area contributed by atoms with Crippen molar-refractivity contribution in [2.45, 2.75) is 6.92 Å². The molecular weight excluding hydrogens is 250 g/mol. The van der Waals surface area contributed by atoms with Crippen molar-refractivity contribution in [2.24, 2.45) is 0 Å². The van der Waals surface area contributed by atoms with Gasteiger partial charge in [-0.15, -0.1) is 0 Å². The fourth-order valence-electron chi connectivity index (χ4n) is 1.46. The maximum Gasteiger partial charge on any atom is 0.340 e. The van der Waals surface area contributed by atoms with E-state index < -0.39 is 23.3 Å². The first-order valence-corrected chi connectivity index (χ1v) is 5.35. The third kappa shape index (κ3) is 3.33. The van der Waals surface area contributed by atoms with Gasteiger partial charge in [-0.1, -0.05) is 12.1 Å². The second-order valence-corrected chi connectivity index (χ2v) is 3.43. The van der Waals surface area contributed by atoms with Crippen molar-refractivity contribution >= 4 is 17.5 Å². The van der Waals surface area contributed by atoms with Crippen molar-refractivity contribution < 1.29 is 24.5 Å². The maximum atomic E-state index is 11.3. The van der Waals surface area contributed by atoms with Crippen LogP contribution >= 0.6 is 0 Å². The summed E-state index contributed by atoms with van der Waals surface area (Å²) in [5.41, 5.74) is -0.658. The summed E-state index contributed by atoms with van der Waals surface area (Å²) in [6.07, 6.45) is 0.894. The first-order chi connectivity index (χ1) is 9.01. The van der Waals surface area contributed by atoms with Gasteiger partial charge in [0.2, 0.25) is 0 Å². The van der Waals surface area contributed by atoms with Crippen molar-refractivity contribution in [3.05, 3.63) is 35.4 Å². The summed E-state index contributed by atoms with van der Waals surface area (Å²) in [5, 5.41) is 27.5. The van der Waals surface area contributed by atoms with Crippen LogP contribution in [0.2, 0.25) is 0 Å². The normalized spacial score (nSPS) is 10.6. The minimum Gasteiger partial charge on any atom is -0.507 e. The highest BCUT2D eigenvalue weighted by Crippen LogP contribution is 2.26. The number of hydrogen-bond donors (Lipinski definition) is 2. The summed E-state index contributed by atoms with van der Waals surface area (Å²) in [6.45, 7) is 1.74. The summed E-state index contributed by atoms with van der Waals surface area (Å²) < 4.78 is 4.65. The molecule has 0 saturated carbocycles. The van der Waals surface area contributed by atoms with Crippen molar-refractivity contribution in [1.29, 1.82) is 5.26 Å². The van der Waals surface area contributed by atoms with Crippen LogP contribution in [0.1, 0.15) is 22.8 Å². The van der Waals surface area contributed by atoms with E-state index in [0.29, 0.717) is 0 Å². The zero-order chi connectivity index (χ0) is 14.4. The van der Waals surface area contributed by atoms with Gasteiger partial charge in [0.15, 0.2) is 0 Å². The molecule has 0 aliphatic carbocycles. The molecule has 0 spiro atoms. The molecule has 0 heterocycles. The number of rotatable bonds is 4. The van der Waals surface area contributed by atoms with Crippen LogP contribution in [0.4, 0.5) is 0 Å². The number of allylic oxidation sites excluding steroid dienone is 1. The molecule has 0 aromatic heterocycles. The molecule has 6 nitrogen and oxygen atoms in total. The van der Waals surface area contributed by atoms with Crippen LogP contribution in [-0.4, -0.2) is 28.8 Å². The first kappa shape index (κ1) is 14.3. The Balaban J connectivity index is 3.35. The number of phenols is 1. The molecule has 0 atom stereocenters. The fourth-order valence-corrected chi connectivity index (χ4v) is 1.46. The van der Waals surface area contributed by atoms with Gasteiger partial charge in [-0.2, -0.15) is 5.26 Å². The third-order valence-corrected chi connectivity index (χ3v) is 2.22. The number of benzene rings is 1. The third-order valence-electron chi connectivity index (χ3n) is 2.22. The Bertz CT molecular complexity index is 583. The highest BCUT2D eigenvalue weighted by atomic mass is 16.5. The fraction of sp³-hybridized carbons (Fsp3) is 0.154. The Morgan fingerprint density at radius 1 is 1.47 bits per heavy atom. The second kappa shape index (κ2) is 6.21. The average Bonchev–Trinajstić information content (AvgIpc) is 2.35. The van der Waals surface area contributed by atoms with E-state index in [4.69, 9.17) is 10.4 Å². The lowest BCUT2D eigenvalue weighted by atomic mass is 9.99. The zero-order valence-electron chi connectivity index (χ0n) is 10.1. The molecule has 0 amide bonds. The second-order valence-electron chi connectivity index (χ2n) is 3.43. The van der Waals surface area contributed by atoms with E-state index in [1.165, 1.54) is 18.2 Å². The SMILES string of the molecule is CCOC(=O)C=C(C#N)c1cccc(O)c1C(=O)O. The van der Waals surface area contributed by atoms with Gasteiger partial charge in [0.1, 0.15) is 17.4 Å². The molecule has 1 aromatic rings. The van der Waals surface area contributed by atoms with E-state index in [-0.39, 0.29) is 17.7 Å². The van der Waals surface area contributed by atoms with Crippen molar-refractivity contribution in [3.8, 4) is 11.8 Å². The van der Waals surface area contributed by atoms with Crippen molar-refractivity contribution in [3.63, 3.8) is 0 Å². The Kier molecular flexibility index (Phi) is 4.66. The molecule has 0 aliphatic rings. The van der Waals surface area contributed by atoms with Crippen LogP contribution in [0.5, 0.6) is 5.75 Å². The summed E-state index contributed by atoms with van der Waals surface area (Å²) in [6, 6.07) is 5.62. The zero-order valence-corrected chi connectivity index (χ0v) is 10.1. The Labute approximate surface area is 109 Å².